The third-order valence-electron chi connectivity index (χ3n) is 9.18. The van der Waals surface area contributed by atoms with Crippen LogP contribution in [0, 0.1) is 0 Å². The highest BCUT2D eigenvalue weighted by atomic mass is 16.4. The number of aliphatic imine (C=N–C) groups is 2. The number of primary amides is 1. The van der Waals surface area contributed by atoms with Crippen molar-refractivity contribution >= 4 is 71.1 Å². The van der Waals surface area contributed by atoms with Crippen molar-refractivity contribution < 1.29 is 58.2 Å². The monoisotopic (exact) mass is 898 g/mol. The maximum Gasteiger partial charge on any atom is 0.326 e. The summed E-state index contributed by atoms with van der Waals surface area (Å²) in [5.41, 5.74) is 31.7. The number of amides is 9. The minimum Gasteiger partial charge on any atom is -0.480 e. The molecule has 0 bridgehead atoms. The van der Waals surface area contributed by atoms with Crippen LogP contribution in [0.3, 0.4) is 0 Å². The molecule has 354 valence electrons. The Kier molecular flexibility index (Phi) is 24.0. The molecule has 0 aromatic carbocycles. The highest BCUT2D eigenvalue weighted by Gasteiger charge is 2.39. The normalized spacial score (nSPS) is 15.9. The van der Waals surface area contributed by atoms with E-state index in [4.69, 9.17) is 34.4 Å². The second-order valence-corrected chi connectivity index (χ2v) is 14.4. The molecule has 0 aromatic heterocycles. The highest BCUT2D eigenvalue weighted by molar-refractivity contribution is 5.97. The van der Waals surface area contributed by atoms with Gasteiger partial charge in [0.15, 0.2) is 11.9 Å². The van der Waals surface area contributed by atoms with E-state index in [1.807, 2.05) is 0 Å². The van der Waals surface area contributed by atoms with Crippen molar-refractivity contribution in [1.29, 1.82) is 0 Å². The summed E-state index contributed by atoms with van der Waals surface area (Å²) in [5, 5.41) is 36.3. The van der Waals surface area contributed by atoms with E-state index < -0.39 is 121 Å². The smallest absolute Gasteiger partial charge is 0.326 e. The number of carboxylic acid groups (broad SMARTS) is 1. The minimum atomic E-state index is -1.61. The molecule has 1 aliphatic rings. The van der Waals surface area contributed by atoms with Gasteiger partial charge >= 0.3 is 5.97 Å². The third kappa shape index (κ3) is 21.0. The molecule has 28 heteroatoms. The number of nitrogens with one attached hydrogen (secondary N) is 7. The highest BCUT2D eigenvalue weighted by Crippen LogP contribution is 2.19. The van der Waals surface area contributed by atoms with Crippen molar-refractivity contribution in [3.8, 4) is 0 Å². The fourth-order valence-corrected chi connectivity index (χ4v) is 5.93. The van der Waals surface area contributed by atoms with E-state index in [1.54, 1.807) is 0 Å². The van der Waals surface area contributed by atoms with Crippen LogP contribution in [0.5, 0.6) is 0 Å². The Balaban J connectivity index is 2.90. The number of likely N-dealkylation sites (tertiary alicyclic amines) is 1. The number of aliphatic hydroxyl groups excluding tert-OH is 1. The van der Waals surface area contributed by atoms with Crippen molar-refractivity contribution in [3.63, 3.8) is 0 Å². The Hall–Kier alpha value is -6.84. The van der Waals surface area contributed by atoms with Gasteiger partial charge in [-0.3, -0.25) is 53.1 Å². The third-order valence-corrected chi connectivity index (χ3v) is 9.18. The Bertz CT molecular complexity index is 1700. The van der Waals surface area contributed by atoms with Gasteiger partial charge in [0.05, 0.1) is 25.7 Å². The number of guanidine groups is 2. The van der Waals surface area contributed by atoms with Crippen LogP contribution in [0.2, 0.25) is 0 Å². The lowest BCUT2D eigenvalue weighted by Crippen LogP contribution is -2.59. The van der Waals surface area contributed by atoms with Crippen molar-refractivity contribution in [1.82, 2.24) is 42.1 Å². The van der Waals surface area contributed by atoms with Crippen molar-refractivity contribution in [2.24, 2.45) is 44.4 Å². The largest absolute Gasteiger partial charge is 0.480 e. The fraction of sp³-hybridized carbons (Fsp3) is 0.657. The van der Waals surface area contributed by atoms with Gasteiger partial charge in [0.1, 0.15) is 36.3 Å². The van der Waals surface area contributed by atoms with Crippen LogP contribution < -0.4 is 71.6 Å². The Morgan fingerprint density at radius 1 is 0.683 bits per heavy atom. The quantitative estimate of drug-likeness (QED) is 0.0197. The summed E-state index contributed by atoms with van der Waals surface area (Å²) in [6, 6.07) is -7.92. The van der Waals surface area contributed by atoms with E-state index in [0.29, 0.717) is 6.42 Å². The first-order valence-corrected chi connectivity index (χ1v) is 19.9. The van der Waals surface area contributed by atoms with Crippen LogP contribution in [0.25, 0.3) is 0 Å². The number of nitrogens with two attached hydrogens (primary N) is 6. The van der Waals surface area contributed by atoms with E-state index in [-0.39, 0.29) is 76.5 Å². The summed E-state index contributed by atoms with van der Waals surface area (Å²) in [5.74, 6) is -9.21. The minimum absolute atomic E-state index is 0.00813. The van der Waals surface area contributed by atoms with Gasteiger partial charge in [0, 0.05) is 26.1 Å². The Labute approximate surface area is 362 Å². The van der Waals surface area contributed by atoms with Gasteiger partial charge in [-0.15, -0.1) is 0 Å². The van der Waals surface area contributed by atoms with Gasteiger partial charge < -0.3 is 86.7 Å². The fourth-order valence-electron chi connectivity index (χ4n) is 5.93. The molecular weight excluding hydrogens is 836 g/mol. The molecule has 63 heavy (non-hydrogen) atoms. The summed E-state index contributed by atoms with van der Waals surface area (Å²) >= 11 is 0. The predicted octanol–water partition coefficient (Wildman–Crippen LogP) is -8.55. The summed E-state index contributed by atoms with van der Waals surface area (Å²) < 4.78 is 0. The zero-order valence-electron chi connectivity index (χ0n) is 35.2. The number of carboxylic acids is 1. The number of hydrogen-bond donors (Lipinski definition) is 15. The van der Waals surface area contributed by atoms with Gasteiger partial charge in [-0.25, -0.2) is 4.79 Å². The number of nitrogens with zero attached hydrogens (tertiary/aromatic N) is 3. The molecule has 21 N–H and O–H groups in total. The summed E-state index contributed by atoms with van der Waals surface area (Å²) in [4.78, 5) is 135. The molecule has 7 atom stereocenters. The number of carbonyl (C=O) groups is 10. The molecule has 28 nitrogen and oxygen atoms in total. The zero-order valence-corrected chi connectivity index (χ0v) is 35.2. The molecule has 0 radical (unpaired) electrons. The van der Waals surface area contributed by atoms with Gasteiger partial charge in [-0.1, -0.05) is 0 Å². The number of aliphatic carboxylic acids is 1. The lowest BCUT2D eigenvalue weighted by atomic mass is 10.1. The molecule has 1 fully saturated rings. The molecule has 0 aliphatic carbocycles. The van der Waals surface area contributed by atoms with Gasteiger partial charge in [0.2, 0.25) is 53.2 Å². The van der Waals surface area contributed by atoms with E-state index in [2.05, 4.69) is 47.2 Å². The maximum absolute atomic E-state index is 13.6. The summed E-state index contributed by atoms with van der Waals surface area (Å²) in [7, 11) is 0. The first kappa shape index (κ1) is 54.2. The number of aliphatic hydroxyl groups is 1. The SMILES string of the molecule is C[C@H](NC(=O)[C@H](CCCN=C(N)N)NC(=O)CN)C(=O)N[C@@H](CCC(N)=O)C(=O)NCC(=O)N[C@H](C(=O)N1CCC[C@H]1C(=O)NCC(=O)N[C@@H](CCCN=C(N)N)C(=O)O)[C@@H](C)O. The van der Waals surface area contributed by atoms with Crippen LogP contribution in [-0.2, 0) is 47.9 Å². The predicted molar refractivity (Wildman–Crippen MR) is 223 cm³/mol. The zero-order chi connectivity index (χ0) is 47.8. The molecule has 0 spiro atoms. The average Bonchev–Trinajstić information content (AvgIpc) is 3.71. The van der Waals surface area contributed by atoms with Crippen LogP contribution in [-0.4, -0.2) is 168 Å². The molecule has 1 aliphatic heterocycles. The first-order chi connectivity index (χ1) is 29.6. The summed E-state index contributed by atoms with van der Waals surface area (Å²) in [6.07, 6.45) is -1.16. The molecule has 9 amide bonds. The first-order valence-electron chi connectivity index (χ1n) is 19.9. The second-order valence-electron chi connectivity index (χ2n) is 14.4. The molecule has 1 rings (SSSR count). The number of carbonyl (C=O) groups excluding carboxylic acids is 9. The lowest BCUT2D eigenvalue weighted by Gasteiger charge is -2.30. The number of rotatable bonds is 28. The van der Waals surface area contributed by atoms with Crippen LogP contribution in [0.1, 0.15) is 65.2 Å². The second kappa shape index (κ2) is 27.9. The van der Waals surface area contributed by atoms with E-state index in [1.165, 1.54) is 13.8 Å². The maximum atomic E-state index is 13.6. The average molecular weight is 899 g/mol. The van der Waals surface area contributed by atoms with Crippen LogP contribution >= 0.6 is 0 Å². The Morgan fingerprint density at radius 3 is 1.76 bits per heavy atom. The lowest BCUT2D eigenvalue weighted by molar-refractivity contribution is -0.144. The topological polar surface area (TPSA) is 479 Å². The standard InChI is InChI=1S/C35H62N16O12/c1-17(46-30(59)19(47-24(54)14-36)6-3-11-42-34(38)39)28(57)49-20(9-10-23(37)53)29(58)44-16-26(56)50-27(18(2)52)32(61)51-13-5-8-22(51)31(60)45-15-25(55)48-21(33(62)63)7-4-12-43-35(40)41/h17-22,27,52H,3-16,36H2,1-2H3,(H2,37,53)(H,44,58)(H,45,60)(H,46,59)(H,47,54)(H,48,55)(H,49,57)(H,50,56)(H,62,63)(H4,38,39,42)(H4,40,41,43)/t17-,18+,19-,20-,21-,22-,27-/m0/s1. The van der Waals surface area contributed by atoms with Crippen molar-refractivity contribution in [2.45, 2.75) is 108 Å². The van der Waals surface area contributed by atoms with E-state index in [9.17, 15) is 58.2 Å². The molecule has 0 aromatic rings. The molecular formula is C35H62N16O12. The van der Waals surface area contributed by atoms with Gasteiger partial charge in [0.25, 0.3) is 0 Å². The number of hydrogen-bond acceptors (Lipinski definition) is 14. The molecule has 0 saturated carbocycles. The van der Waals surface area contributed by atoms with Gasteiger partial charge in [-0.05, 0) is 58.8 Å². The van der Waals surface area contributed by atoms with Crippen LogP contribution in [0.15, 0.2) is 9.98 Å². The van der Waals surface area contributed by atoms with E-state index in [0.717, 1.165) is 4.90 Å². The van der Waals surface area contributed by atoms with Crippen molar-refractivity contribution in [3.05, 3.63) is 0 Å². The molecule has 1 saturated heterocycles. The van der Waals surface area contributed by atoms with Crippen molar-refractivity contribution in [2.75, 3.05) is 39.3 Å². The van der Waals surface area contributed by atoms with E-state index >= 15 is 0 Å². The summed E-state index contributed by atoms with van der Waals surface area (Å²) in [6.45, 7) is 0.937. The van der Waals surface area contributed by atoms with Gasteiger partial charge in [-0.2, -0.15) is 0 Å². The molecule has 0 unspecified atom stereocenters. The van der Waals surface area contributed by atoms with Crippen LogP contribution in [0.4, 0.5) is 0 Å². The molecule has 1 heterocycles. The Morgan fingerprint density at radius 2 is 1.22 bits per heavy atom.